The van der Waals surface area contributed by atoms with Crippen molar-refractivity contribution in [3.05, 3.63) is 0 Å². The lowest BCUT2D eigenvalue weighted by molar-refractivity contribution is 0.849. The lowest BCUT2D eigenvalue weighted by Crippen LogP contribution is -1.72. The second-order valence-corrected chi connectivity index (χ2v) is 1.28. The summed E-state index contributed by atoms with van der Waals surface area (Å²) in [5, 5.41) is 7.89. The first-order valence-corrected chi connectivity index (χ1v) is 2.67. The molecule has 0 aliphatic carbocycles. The zero-order valence-corrected chi connectivity index (χ0v) is 5.52. The Morgan fingerprint density at radius 2 is 1.43 bits per heavy atom. The van der Waals surface area contributed by atoms with Crippen LogP contribution in [0.3, 0.4) is 0 Å². The highest BCUT2D eigenvalue weighted by molar-refractivity contribution is 4.72. The molecule has 42 valence electrons. The maximum absolute atomic E-state index is 7.89. The standard InChI is InChI=1S/C4H7N.C2H6/c1-4(2)3-5;1-2/h4H,1-2H3;1-2H3. The van der Waals surface area contributed by atoms with Crippen LogP contribution < -0.4 is 0 Å². The molecule has 0 aromatic carbocycles. The van der Waals surface area contributed by atoms with E-state index >= 15 is 0 Å². The third-order valence-electron chi connectivity index (χ3n) is 0.258. The summed E-state index contributed by atoms with van der Waals surface area (Å²) in [5.74, 6) is 0.190. The van der Waals surface area contributed by atoms with Gasteiger partial charge in [-0.3, -0.25) is 0 Å². The van der Waals surface area contributed by atoms with E-state index in [1.807, 2.05) is 33.8 Å². The van der Waals surface area contributed by atoms with E-state index in [4.69, 9.17) is 5.26 Å². The summed E-state index contributed by atoms with van der Waals surface area (Å²) in [4.78, 5) is 0. The van der Waals surface area contributed by atoms with E-state index < -0.39 is 0 Å². The van der Waals surface area contributed by atoms with Gasteiger partial charge in [-0.15, -0.1) is 0 Å². The van der Waals surface area contributed by atoms with Crippen molar-refractivity contribution >= 4 is 0 Å². The van der Waals surface area contributed by atoms with Crippen molar-refractivity contribution in [3.8, 4) is 6.07 Å². The Hall–Kier alpha value is -0.510. The van der Waals surface area contributed by atoms with Crippen molar-refractivity contribution in [3.63, 3.8) is 0 Å². The molecule has 0 radical (unpaired) electrons. The van der Waals surface area contributed by atoms with Crippen molar-refractivity contribution in [2.45, 2.75) is 27.7 Å². The van der Waals surface area contributed by atoms with Gasteiger partial charge in [-0.2, -0.15) is 5.26 Å². The largest absolute Gasteiger partial charge is 0.198 e. The molecule has 0 atom stereocenters. The Morgan fingerprint density at radius 1 is 1.29 bits per heavy atom. The molecule has 0 N–H and O–H groups in total. The number of nitrogens with zero attached hydrogens (tertiary/aromatic N) is 1. The van der Waals surface area contributed by atoms with Crippen LogP contribution in [0.2, 0.25) is 0 Å². The summed E-state index contributed by atoms with van der Waals surface area (Å²) in [5.41, 5.74) is 0. The molecule has 0 spiro atoms. The minimum absolute atomic E-state index is 0.190. The zero-order chi connectivity index (χ0) is 6.28. The maximum atomic E-state index is 7.89. The topological polar surface area (TPSA) is 23.8 Å². The van der Waals surface area contributed by atoms with E-state index in [0.29, 0.717) is 0 Å². The summed E-state index contributed by atoms with van der Waals surface area (Å²) < 4.78 is 0. The predicted octanol–water partition coefficient (Wildman–Crippen LogP) is 2.19. The molecule has 0 saturated heterocycles. The van der Waals surface area contributed by atoms with Crippen molar-refractivity contribution in [1.82, 2.24) is 0 Å². The fourth-order valence-corrected chi connectivity index (χ4v) is 0. The quantitative estimate of drug-likeness (QED) is 0.456. The lowest BCUT2D eigenvalue weighted by atomic mass is 10.3. The summed E-state index contributed by atoms with van der Waals surface area (Å²) in [6.45, 7) is 7.72. The maximum Gasteiger partial charge on any atom is 0.0649 e. The van der Waals surface area contributed by atoms with Gasteiger partial charge in [0.05, 0.1) is 6.07 Å². The molecule has 0 amide bonds. The van der Waals surface area contributed by atoms with Crippen LogP contribution >= 0.6 is 0 Å². The first-order chi connectivity index (χ1) is 3.27. The van der Waals surface area contributed by atoms with E-state index in [1.165, 1.54) is 0 Å². The van der Waals surface area contributed by atoms with Gasteiger partial charge in [0.2, 0.25) is 0 Å². The molecule has 1 nitrogen and oxygen atoms in total. The van der Waals surface area contributed by atoms with Crippen molar-refractivity contribution in [2.75, 3.05) is 0 Å². The Bertz CT molecular complexity index is 49.7. The average Bonchev–Trinajstić information content (AvgIpc) is 1.73. The van der Waals surface area contributed by atoms with Gasteiger partial charge in [0, 0.05) is 5.92 Å². The Morgan fingerprint density at radius 3 is 1.43 bits per heavy atom. The highest BCUT2D eigenvalue weighted by Crippen LogP contribution is 1.81. The van der Waals surface area contributed by atoms with Gasteiger partial charge < -0.3 is 0 Å². The highest BCUT2D eigenvalue weighted by atomic mass is 14.2. The molecule has 0 unspecified atom stereocenters. The Kier molecular flexibility index (Phi) is 12.6. The normalized spacial score (nSPS) is 6.29. The van der Waals surface area contributed by atoms with Gasteiger partial charge in [-0.1, -0.05) is 13.8 Å². The fraction of sp³-hybridized carbons (Fsp3) is 0.833. The third-order valence-corrected chi connectivity index (χ3v) is 0.258. The third kappa shape index (κ3) is 30.1. The second-order valence-electron chi connectivity index (χ2n) is 1.28. The SMILES string of the molecule is CC.CC(C)C#N. The molecule has 0 aromatic heterocycles. The van der Waals surface area contributed by atoms with Crippen LogP contribution in [-0.4, -0.2) is 0 Å². The number of hydrogen-bond acceptors (Lipinski definition) is 1. The number of hydrogen-bond donors (Lipinski definition) is 0. The van der Waals surface area contributed by atoms with Crippen LogP contribution in [0.15, 0.2) is 0 Å². The van der Waals surface area contributed by atoms with E-state index in [9.17, 15) is 0 Å². The van der Waals surface area contributed by atoms with Gasteiger partial charge in [0.25, 0.3) is 0 Å². The Labute approximate surface area is 46.0 Å². The molecule has 0 bridgehead atoms. The van der Waals surface area contributed by atoms with Crippen molar-refractivity contribution < 1.29 is 0 Å². The van der Waals surface area contributed by atoms with Gasteiger partial charge in [0.15, 0.2) is 0 Å². The van der Waals surface area contributed by atoms with Gasteiger partial charge >= 0.3 is 0 Å². The van der Waals surface area contributed by atoms with Crippen LogP contribution in [0.4, 0.5) is 0 Å². The Balaban J connectivity index is 0. The first-order valence-electron chi connectivity index (χ1n) is 2.67. The minimum atomic E-state index is 0.190. The van der Waals surface area contributed by atoms with E-state index in [-0.39, 0.29) is 5.92 Å². The van der Waals surface area contributed by atoms with Gasteiger partial charge in [-0.05, 0) is 13.8 Å². The zero-order valence-electron chi connectivity index (χ0n) is 5.52. The second kappa shape index (κ2) is 9.09. The summed E-state index contributed by atoms with van der Waals surface area (Å²) in [6, 6.07) is 2.03. The molecule has 0 aromatic rings. The van der Waals surface area contributed by atoms with E-state index in [2.05, 4.69) is 0 Å². The lowest BCUT2D eigenvalue weighted by Gasteiger charge is -1.75. The number of nitriles is 1. The molecule has 0 aliphatic heterocycles. The van der Waals surface area contributed by atoms with Gasteiger partial charge in [0.1, 0.15) is 0 Å². The van der Waals surface area contributed by atoms with Crippen LogP contribution in [0, 0.1) is 17.2 Å². The summed E-state index contributed by atoms with van der Waals surface area (Å²) >= 11 is 0. The minimum Gasteiger partial charge on any atom is -0.198 e. The van der Waals surface area contributed by atoms with E-state index in [1.54, 1.807) is 0 Å². The summed E-state index contributed by atoms with van der Waals surface area (Å²) in [6.07, 6.45) is 0. The smallest absolute Gasteiger partial charge is 0.0649 e. The van der Waals surface area contributed by atoms with Crippen molar-refractivity contribution in [2.24, 2.45) is 5.92 Å². The molecule has 0 rings (SSSR count). The first kappa shape index (κ1) is 9.70. The number of rotatable bonds is 0. The molecule has 0 fully saturated rings. The predicted molar refractivity (Wildman–Crippen MR) is 31.8 cm³/mol. The van der Waals surface area contributed by atoms with Crippen LogP contribution in [0.25, 0.3) is 0 Å². The molecule has 0 aliphatic rings. The summed E-state index contributed by atoms with van der Waals surface area (Å²) in [7, 11) is 0. The van der Waals surface area contributed by atoms with Crippen LogP contribution in [-0.2, 0) is 0 Å². The van der Waals surface area contributed by atoms with Crippen LogP contribution in [0.1, 0.15) is 27.7 Å². The monoisotopic (exact) mass is 99.1 g/mol. The highest BCUT2D eigenvalue weighted by Gasteiger charge is 1.78. The van der Waals surface area contributed by atoms with Gasteiger partial charge in [-0.25, -0.2) is 0 Å². The molecule has 0 heterocycles. The molecule has 1 heteroatoms. The molecular weight excluding hydrogens is 86.1 g/mol. The van der Waals surface area contributed by atoms with Crippen molar-refractivity contribution in [1.29, 1.82) is 5.26 Å². The van der Waals surface area contributed by atoms with E-state index in [0.717, 1.165) is 0 Å². The molecule has 7 heavy (non-hydrogen) atoms. The fourth-order valence-electron chi connectivity index (χ4n) is 0. The average molecular weight is 99.2 g/mol. The van der Waals surface area contributed by atoms with Crippen LogP contribution in [0.5, 0.6) is 0 Å². The molecule has 0 saturated carbocycles. The molecular formula is C6H13N.